The summed E-state index contributed by atoms with van der Waals surface area (Å²) in [5, 5.41) is 10.0. The van der Waals surface area contributed by atoms with Gasteiger partial charge in [-0.15, -0.1) is 0 Å². The molecule has 4 rings (SSSR count). The molecule has 0 radical (unpaired) electrons. The van der Waals surface area contributed by atoms with E-state index in [2.05, 4.69) is 27.4 Å². The summed E-state index contributed by atoms with van der Waals surface area (Å²) in [4.78, 5) is 28.0. The fraction of sp³-hybridized carbons (Fsp3) is 0.462. The number of ether oxygens (including phenoxy) is 1. The largest absolute Gasteiger partial charge is 0.384 e. The summed E-state index contributed by atoms with van der Waals surface area (Å²) in [6.07, 6.45) is 6.08. The van der Waals surface area contributed by atoms with Gasteiger partial charge in [-0.2, -0.15) is 5.26 Å². The standard InChI is InChI=1S/C26H32N6O2/c1-5-21-15-22(8-10-28-21)30(3)23-14-20(16-27)26(29-25(23)19-6-7-19)31-11-12-32(18(2)17-31)24(33)9-13-34-4/h5,8,10,14-15,18-19H,1,6-7,9,11-13,17H2,2-4H3. The highest BCUT2D eigenvalue weighted by atomic mass is 16.5. The van der Waals surface area contributed by atoms with Gasteiger partial charge in [-0.1, -0.05) is 6.58 Å². The molecule has 178 valence electrons. The maximum absolute atomic E-state index is 12.5. The molecule has 1 aliphatic carbocycles. The zero-order valence-corrected chi connectivity index (χ0v) is 20.2. The van der Waals surface area contributed by atoms with Crippen LogP contribution in [0.1, 0.15) is 49.1 Å². The Morgan fingerprint density at radius 2 is 2.18 bits per heavy atom. The first-order valence-corrected chi connectivity index (χ1v) is 11.8. The van der Waals surface area contributed by atoms with Crippen molar-refractivity contribution in [1.29, 1.82) is 5.26 Å². The average Bonchev–Trinajstić information content (AvgIpc) is 3.71. The molecule has 1 atom stereocenters. The molecular weight excluding hydrogens is 428 g/mol. The van der Waals surface area contributed by atoms with E-state index in [0.29, 0.717) is 44.1 Å². The van der Waals surface area contributed by atoms with Crippen molar-refractivity contribution in [2.45, 2.75) is 38.1 Å². The molecule has 1 amide bonds. The van der Waals surface area contributed by atoms with E-state index in [0.717, 1.165) is 41.4 Å². The molecular formula is C26H32N6O2. The number of carbonyl (C=O) groups excluding carboxylic acids is 1. The number of methoxy groups -OCH3 is 1. The SMILES string of the molecule is C=Cc1cc(N(C)c2cc(C#N)c(N3CCN(C(=O)CCOC)C(C)C3)nc2C2CC2)ccn1. The first-order valence-electron chi connectivity index (χ1n) is 11.8. The molecule has 34 heavy (non-hydrogen) atoms. The van der Waals surface area contributed by atoms with Crippen LogP contribution in [0.2, 0.25) is 0 Å². The molecule has 2 aliphatic rings. The number of carbonyl (C=O) groups is 1. The van der Waals surface area contributed by atoms with E-state index in [-0.39, 0.29) is 11.9 Å². The number of hydrogen-bond donors (Lipinski definition) is 0. The van der Waals surface area contributed by atoms with Gasteiger partial charge in [0.25, 0.3) is 0 Å². The molecule has 1 aliphatic heterocycles. The lowest BCUT2D eigenvalue weighted by atomic mass is 10.1. The van der Waals surface area contributed by atoms with Gasteiger partial charge in [0.1, 0.15) is 11.9 Å². The predicted molar refractivity (Wildman–Crippen MR) is 133 cm³/mol. The van der Waals surface area contributed by atoms with Crippen molar-refractivity contribution in [2.75, 3.05) is 50.2 Å². The molecule has 8 nitrogen and oxygen atoms in total. The van der Waals surface area contributed by atoms with E-state index in [1.165, 1.54) is 0 Å². The minimum atomic E-state index is 0.0346. The second kappa shape index (κ2) is 10.2. The second-order valence-corrected chi connectivity index (χ2v) is 8.98. The summed E-state index contributed by atoms with van der Waals surface area (Å²) in [5.41, 5.74) is 4.30. The second-order valence-electron chi connectivity index (χ2n) is 8.98. The molecule has 0 spiro atoms. The lowest BCUT2D eigenvalue weighted by Crippen LogP contribution is -2.54. The van der Waals surface area contributed by atoms with Gasteiger partial charge < -0.3 is 19.4 Å². The molecule has 0 N–H and O–H groups in total. The summed E-state index contributed by atoms with van der Waals surface area (Å²) in [5.74, 6) is 1.23. The Bertz CT molecular complexity index is 1110. The van der Waals surface area contributed by atoms with E-state index < -0.39 is 0 Å². The zero-order valence-electron chi connectivity index (χ0n) is 20.2. The van der Waals surface area contributed by atoms with Gasteiger partial charge >= 0.3 is 0 Å². The molecule has 2 fully saturated rings. The van der Waals surface area contributed by atoms with Crippen molar-refractivity contribution < 1.29 is 9.53 Å². The van der Waals surface area contributed by atoms with Crippen LogP contribution in [0.5, 0.6) is 0 Å². The Hall–Kier alpha value is -3.44. The van der Waals surface area contributed by atoms with Gasteiger partial charge in [-0.05, 0) is 44.0 Å². The molecule has 0 aromatic carbocycles. The van der Waals surface area contributed by atoms with E-state index in [1.807, 2.05) is 37.1 Å². The molecule has 2 aromatic rings. The van der Waals surface area contributed by atoms with Crippen molar-refractivity contribution in [3.8, 4) is 6.07 Å². The van der Waals surface area contributed by atoms with Crippen molar-refractivity contribution in [3.05, 3.63) is 47.9 Å². The minimum absolute atomic E-state index is 0.0346. The number of piperazine rings is 1. The Kier molecular flexibility index (Phi) is 7.13. The average molecular weight is 461 g/mol. The van der Waals surface area contributed by atoms with Gasteiger partial charge in [0.05, 0.1) is 35.7 Å². The van der Waals surface area contributed by atoms with Crippen LogP contribution in [0.15, 0.2) is 31.0 Å². The molecule has 1 unspecified atom stereocenters. The van der Waals surface area contributed by atoms with Gasteiger partial charge in [0.2, 0.25) is 5.91 Å². The van der Waals surface area contributed by atoms with E-state index in [9.17, 15) is 10.1 Å². The van der Waals surface area contributed by atoms with E-state index in [4.69, 9.17) is 9.72 Å². The highest BCUT2D eigenvalue weighted by Crippen LogP contribution is 2.46. The Morgan fingerprint density at radius 3 is 2.82 bits per heavy atom. The molecule has 8 heteroatoms. The van der Waals surface area contributed by atoms with Crippen LogP contribution in [-0.2, 0) is 9.53 Å². The zero-order chi connectivity index (χ0) is 24.2. The first-order chi connectivity index (χ1) is 16.5. The highest BCUT2D eigenvalue weighted by molar-refractivity contribution is 5.77. The van der Waals surface area contributed by atoms with Crippen LogP contribution in [0.3, 0.4) is 0 Å². The number of pyridine rings is 2. The monoisotopic (exact) mass is 460 g/mol. The van der Waals surface area contributed by atoms with Gasteiger partial charge in [0.15, 0.2) is 0 Å². The number of anilines is 3. The Balaban J connectivity index is 1.63. The predicted octanol–water partition coefficient (Wildman–Crippen LogP) is 3.71. The third-order valence-electron chi connectivity index (χ3n) is 6.59. The molecule has 2 aromatic heterocycles. The maximum atomic E-state index is 12.5. The topological polar surface area (TPSA) is 85.6 Å². The fourth-order valence-corrected chi connectivity index (χ4v) is 4.51. The van der Waals surface area contributed by atoms with Crippen LogP contribution in [0, 0.1) is 11.3 Å². The van der Waals surface area contributed by atoms with Gasteiger partial charge in [-0.3, -0.25) is 9.78 Å². The van der Waals surface area contributed by atoms with Crippen molar-refractivity contribution in [2.24, 2.45) is 0 Å². The van der Waals surface area contributed by atoms with Crippen molar-refractivity contribution in [3.63, 3.8) is 0 Å². The van der Waals surface area contributed by atoms with Crippen LogP contribution < -0.4 is 9.80 Å². The number of nitrogens with zero attached hydrogens (tertiary/aromatic N) is 6. The fourth-order valence-electron chi connectivity index (χ4n) is 4.51. The van der Waals surface area contributed by atoms with Crippen molar-refractivity contribution in [1.82, 2.24) is 14.9 Å². The third-order valence-corrected chi connectivity index (χ3v) is 6.59. The highest BCUT2D eigenvalue weighted by Gasteiger charge is 2.33. The van der Waals surface area contributed by atoms with Crippen LogP contribution in [0.25, 0.3) is 6.08 Å². The lowest BCUT2D eigenvalue weighted by Gasteiger charge is -2.41. The van der Waals surface area contributed by atoms with Crippen molar-refractivity contribution >= 4 is 29.2 Å². The first kappa shape index (κ1) is 23.7. The van der Waals surface area contributed by atoms with Gasteiger partial charge in [0, 0.05) is 57.6 Å². The summed E-state index contributed by atoms with van der Waals surface area (Å²) in [6, 6.07) is 8.29. The summed E-state index contributed by atoms with van der Waals surface area (Å²) < 4.78 is 5.06. The number of aromatic nitrogens is 2. The lowest BCUT2D eigenvalue weighted by molar-refractivity contribution is -0.134. The number of hydrogen-bond acceptors (Lipinski definition) is 7. The molecule has 3 heterocycles. The summed E-state index contributed by atoms with van der Waals surface area (Å²) >= 11 is 0. The Morgan fingerprint density at radius 1 is 1.38 bits per heavy atom. The van der Waals surface area contributed by atoms with Crippen LogP contribution >= 0.6 is 0 Å². The minimum Gasteiger partial charge on any atom is -0.384 e. The summed E-state index contributed by atoms with van der Waals surface area (Å²) in [6.45, 7) is 8.20. The van der Waals surface area contributed by atoms with Gasteiger partial charge in [-0.25, -0.2) is 4.98 Å². The number of nitriles is 1. The normalized spacial score (nSPS) is 17.9. The Labute approximate surface area is 201 Å². The smallest absolute Gasteiger partial charge is 0.225 e. The molecule has 1 saturated heterocycles. The molecule has 1 saturated carbocycles. The third kappa shape index (κ3) is 4.90. The van der Waals surface area contributed by atoms with E-state index in [1.54, 1.807) is 19.4 Å². The molecule has 0 bridgehead atoms. The number of amides is 1. The maximum Gasteiger partial charge on any atom is 0.225 e. The number of rotatable bonds is 8. The van der Waals surface area contributed by atoms with Crippen LogP contribution in [-0.4, -0.2) is 67.2 Å². The van der Waals surface area contributed by atoms with Crippen LogP contribution in [0.4, 0.5) is 17.2 Å². The summed E-state index contributed by atoms with van der Waals surface area (Å²) in [7, 11) is 3.60. The quantitative estimate of drug-likeness (QED) is 0.594. The van der Waals surface area contributed by atoms with E-state index >= 15 is 0 Å².